The highest BCUT2D eigenvalue weighted by molar-refractivity contribution is 7.89. The molecule has 0 radical (unpaired) electrons. The van der Waals surface area contributed by atoms with E-state index in [1.54, 1.807) is 10.4 Å². The van der Waals surface area contributed by atoms with Gasteiger partial charge in [0.05, 0.1) is 4.90 Å². The Kier molecular flexibility index (Phi) is 5.70. The van der Waals surface area contributed by atoms with Gasteiger partial charge in [0.1, 0.15) is 5.82 Å². The van der Waals surface area contributed by atoms with Crippen molar-refractivity contribution in [2.24, 2.45) is 0 Å². The summed E-state index contributed by atoms with van der Waals surface area (Å²) >= 11 is 0. The fourth-order valence-electron chi connectivity index (χ4n) is 3.72. The molecule has 1 heterocycles. The van der Waals surface area contributed by atoms with E-state index in [-0.39, 0.29) is 5.82 Å². The van der Waals surface area contributed by atoms with E-state index in [0.29, 0.717) is 37.6 Å². The molecule has 0 atom stereocenters. The summed E-state index contributed by atoms with van der Waals surface area (Å²) in [6, 6.07) is 8.61. The van der Waals surface area contributed by atoms with Gasteiger partial charge >= 0.3 is 0 Å². The molecule has 27 heavy (non-hydrogen) atoms. The first-order valence-corrected chi connectivity index (χ1v) is 10.7. The van der Waals surface area contributed by atoms with Gasteiger partial charge in [-0.2, -0.15) is 4.31 Å². The van der Waals surface area contributed by atoms with E-state index in [0.717, 1.165) is 27.8 Å². The van der Waals surface area contributed by atoms with Crippen molar-refractivity contribution >= 4 is 10.0 Å². The fraction of sp³-hybridized carbons (Fsp3) is 0.429. The van der Waals surface area contributed by atoms with Crippen molar-refractivity contribution in [1.29, 1.82) is 0 Å². The maximum Gasteiger partial charge on any atom is 0.243 e. The van der Waals surface area contributed by atoms with Crippen LogP contribution in [-0.4, -0.2) is 43.8 Å². The van der Waals surface area contributed by atoms with Crippen molar-refractivity contribution in [3.63, 3.8) is 0 Å². The SMILES string of the molecule is Cc1cc(C)c(C)c(S(=O)(=O)N2CCN(Cc3cccc(F)c3)CC2)c1C. The summed E-state index contributed by atoms with van der Waals surface area (Å²) in [5.41, 5.74) is 4.58. The minimum absolute atomic E-state index is 0.241. The van der Waals surface area contributed by atoms with Crippen molar-refractivity contribution in [1.82, 2.24) is 9.21 Å². The van der Waals surface area contributed by atoms with Crippen LogP contribution < -0.4 is 0 Å². The standard InChI is InChI=1S/C21H27FN2O2S/c1-15-12-16(2)18(4)21(17(15)3)27(25,26)24-10-8-23(9-11-24)14-19-6-5-7-20(22)13-19/h5-7,12-13H,8-11,14H2,1-4H3. The van der Waals surface area contributed by atoms with Crippen molar-refractivity contribution in [2.45, 2.75) is 39.1 Å². The third-order valence-electron chi connectivity index (χ3n) is 5.52. The number of hydrogen-bond acceptors (Lipinski definition) is 3. The fourth-order valence-corrected chi connectivity index (χ4v) is 5.72. The Balaban J connectivity index is 1.76. The summed E-state index contributed by atoms with van der Waals surface area (Å²) in [5, 5.41) is 0. The molecule has 6 heteroatoms. The Morgan fingerprint density at radius 1 is 0.926 bits per heavy atom. The van der Waals surface area contributed by atoms with Gasteiger partial charge in [-0.1, -0.05) is 18.2 Å². The number of nitrogens with zero attached hydrogens (tertiary/aromatic N) is 2. The Hall–Kier alpha value is -1.76. The van der Waals surface area contributed by atoms with Crippen LogP contribution in [0, 0.1) is 33.5 Å². The van der Waals surface area contributed by atoms with Crippen molar-refractivity contribution in [3.05, 3.63) is 64.0 Å². The summed E-state index contributed by atoms with van der Waals surface area (Å²) < 4.78 is 41.6. The van der Waals surface area contributed by atoms with Crippen LogP contribution in [0.2, 0.25) is 0 Å². The lowest BCUT2D eigenvalue weighted by atomic mass is 10.0. The van der Waals surface area contributed by atoms with E-state index in [9.17, 15) is 12.8 Å². The Morgan fingerprint density at radius 3 is 2.07 bits per heavy atom. The lowest BCUT2D eigenvalue weighted by molar-refractivity contribution is 0.181. The Morgan fingerprint density at radius 2 is 1.52 bits per heavy atom. The van der Waals surface area contributed by atoms with Gasteiger partial charge in [-0.15, -0.1) is 0 Å². The molecule has 146 valence electrons. The number of hydrogen-bond donors (Lipinski definition) is 0. The van der Waals surface area contributed by atoms with E-state index >= 15 is 0 Å². The largest absolute Gasteiger partial charge is 0.296 e. The van der Waals surface area contributed by atoms with Crippen LogP contribution in [0.4, 0.5) is 4.39 Å². The van der Waals surface area contributed by atoms with E-state index in [2.05, 4.69) is 4.90 Å². The monoisotopic (exact) mass is 390 g/mol. The van der Waals surface area contributed by atoms with Gasteiger partial charge in [0.25, 0.3) is 0 Å². The van der Waals surface area contributed by atoms with Crippen LogP contribution in [0.1, 0.15) is 27.8 Å². The molecule has 0 aromatic heterocycles. The van der Waals surface area contributed by atoms with Gasteiger partial charge < -0.3 is 0 Å². The van der Waals surface area contributed by atoms with Crippen molar-refractivity contribution in [2.75, 3.05) is 26.2 Å². The molecule has 0 amide bonds. The molecule has 3 rings (SSSR count). The molecular formula is C21H27FN2O2S. The molecule has 0 bridgehead atoms. The molecule has 0 spiro atoms. The number of sulfonamides is 1. The predicted octanol–water partition coefficient (Wildman–Crippen LogP) is 3.57. The second kappa shape index (κ2) is 7.70. The van der Waals surface area contributed by atoms with Crippen LogP contribution in [0.15, 0.2) is 35.2 Å². The van der Waals surface area contributed by atoms with Gasteiger partial charge in [0.2, 0.25) is 10.0 Å². The van der Waals surface area contributed by atoms with Crippen LogP contribution in [-0.2, 0) is 16.6 Å². The molecule has 0 saturated carbocycles. The highest BCUT2D eigenvalue weighted by atomic mass is 32.2. The third kappa shape index (κ3) is 4.08. The Labute approximate surface area is 161 Å². The minimum Gasteiger partial charge on any atom is -0.296 e. The van der Waals surface area contributed by atoms with Crippen LogP contribution in [0.5, 0.6) is 0 Å². The average molecular weight is 391 g/mol. The van der Waals surface area contributed by atoms with E-state index in [1.165, 1.54) is 12.1 Å². The normalized spacial score (nSPS) is 16.6. The van der Waals surface area contributed by atoms with Crippen LogP contribution >= 0.6 is 0 Å². The summed E-state index contributed by atoms with van der Waals surface area (Å²) in [7, 11) is -3.52. The van der Waals surface area contributed by atoms with E-state index in [4.69, 9.17) is 0 Å². The van der Waals surface area contributed by atoms with Crippen molar-refractivity contribution in [3.8, 4) is 0 Å². The number of benzene rings is 2. The molecule has 2 aromatic carbocycles. The van der Waals surface area contributed by atoms with E-state index < -0.39 is 10.0 Å². The second-order valence-electron chi connectivity index (χ2n) is 7.40. The maximum atomic E-state index is 13.4. The molecule has 1 saturated heterocycles. The third-order valence-corrected chi connectivity index (χ3v) is 7.69. The van der Waals surface area contributed by atoms with Crippen LogP contribution in [0.3, 0.4) is 0 Å². The predicted molar refractivity (Wildman–Crippen MR) is 106 cm³/mol. The van der Waals surface area contributed by atoms with Crippen molar-refractivity contribution < 1.29 is 12.8 Å². The number of halogens is 1. The van der Waals surface area contributed by atoms with Gasteiger partial charge in [0.15, 0.2) is 0 Å². The molecule has 1 aliphatic heterocycles. The lowest BCUT2D eigenvalue weighted by Crippen LogP contribution is -2.48. The zero-order valence-electron chi connectivity index (χ0n) is 16.4. The second-order valence-corrected chi connectivity index (χ2v) is 9.27. The lowest BCUT2D eigenvalue weighted by Gasteiger charge is -2.34. The Bertz CT molecular complexity index is 923. The number of piperazine rings is 1. The molecule has 2 aromatic rings. The summed E-state index contributed by atoms with van der Waals surface area (Å²) in [6.45, 7) is 10.5. The van der Waals surface area contributed by atoms with Gasteiger partial charge in [-0.05, 0) is 67.6 Å². The molecule has 1 fully saturated rings. The molecule has 0 aliphatic carbocycles. The first-order valence-electron chi connectivity index (χ1n) is 9.24. The molecule has 1 aliphatic rings. The summed E-state index contributed by atoms with van der Waals surface area (Å²) in [6.07, 6.45) is 0. The zero-order chi connectivity index (χ0) is 19.8. The summed E-state index contributed by atoms with van der Waals surface area (Å²) in [5.74, 6) is -0.241. The number of aryl methyl sites for hydroxylation is 2. The van der Waals surface area contributed by atoms with Crippen LogP contribution in [0.25, 0.3) is 0 Å². The van der Waals surface area contributed by atoms with Gasteiger partial charge in [-0.3, -0.25) is 4.90 Å². The minimum atomic E-state index is -3.52. The zero-order valence-corrected chi connectivity index (χ0v) is 17.2. The molecule has 0 N–H and O–H groups in total. The first-order chi connectivity index (χ1) is 12.7. The topological polar surface area (TPSA) is 40.6 Å². The smallest absolute Gasteiger partial charge is 0.243 e. The van der Waals surface area contributed by atoms with Gasteiger partial charge in [-0.25, -0.2) is 12.8 Å². The maximum absolute atomic E-state index is 13.4. The molecular weight excluding hydrogens is 363 g/mol. The average Bonchev–Trinajstić information content (AvgIpc) is 2.60. The number of rotatable bonds is 4. The van der Waals surface area contributed by atoms with E-state index in [1.807, 2.05) is 39.8 Å². The molecule has 4 nitrogen and oxygen atoms in total. The van der Waals surface area contributed by atoms with Gasteiger partial charge in [0, 0.05) is 32.7 Å². The first kappa shape index (κ1) is 20.0. The molecule has 0 unspecified atom stereocenters. The highest BCUT2D eigenvalue weighted by Crippen LogP contribution is 2.29. The summed E-state index contributed by atoms with van der Waals surface area (Å²) in [4.78, 5) is 2.63. The quantitative estimate of drug-likeness (QED) is 0.801. The highest BCUT2D eigenvalue weighted by Gasteiger charge is 2.31.